The molecule has 0 spiro atoms. The monoisotopic (exact) mass is 829 g/mol. The van der Waals surface area contributed by atoms with Crippen molar-refractivity contribution in [3.8, 4) is 0 Å². The van der Waals surface area contributed by atoms with Crippen LogP contribution in [0.1, 0.15) is 194 Å². The lowest BCUT2D eigenvalue weighted by molar-refractivity contribution is -0.887. The van der Waals surface area contributed by atoms with E-state index in [1.54, 1.807) is 0 Å². The molecule has 0 aromatic heterocycles. The highest BCUT2D eigenvalue weighted by atomic mass is 16.6. The highest BCUT2D eigenvalue weighted by Crippen LogP contribution is 2.15. The molecule has 0 aromatic rings. The van der Waals surface area contributed by atoms with Crippen molar-refractivity contribution in [1.29, 1.82) is 0 Å². The van der Waals surface area contributed by atoms with Crippen molar-refractivity contribution in [2.24, 2.45) is 0 Å². The maximum absolute atomic E-state index is 12.7. The number of esters is 2. The van der Waals surface area contributed by atoms with Crippen LogP contribution in [0.5, 0.6) is 0 Å². The molecule has 59 heavy (non-hydrogen) atoms. The second kappa shape index (κ2) is 41.8. The van der Waals surface area contributed by atoms with Gasteiger partial charge in [-0.05, 0) is 51.4 Å². The predicted molar refractivity (Wildman–Crippen MR) is 247 cm³/mol. The van der Waals surface area contributed by atoms with E-state index in [0.717, 1.165) is 57.8 Å². The molecular formula is C51H90NO7+. The second-order valence-electron chi connectivity index (χ2n) is 17.0. The van der Waals surface area contributed by atoms with Crippen molar-refractivity contribution in [2.45, 2.75) is 206 Å². The van der Waals surface area contributed by atoms with E-state index in [4.69, 9.17) is 14.2 Å². The van der Waals surface area contributed by atoms with E-state index in [2.05, 4.69) is 74.6 Å². The Hall–Kier alpha value is -2.97. The summed E-state index contributed by atoms with van der Waals surface area (Å²) in [6.45, 7) is 4.57. The van der Waals surface area contributed by atoms with Crippen molar-refractivity contribution in [3.05, 3.63) is 60.8 Å². The SMILES string of the molecule is CC/C=C/C/C=C/C/C=C/C/C=C/C/C=C/CCCC(=O)OC(COCCC(C(=O)O)[N+](C)(C)C)COC(=O)CCCCCCCCCCCCCCCCCCCC. The zero-order chi connectivity index (χ0) is 43.5. The van der Waals surface area contributed by atoms with Crippen LogP contribution in [-0.2, 0) is 28.6 Å². The van der Waals surface area contributed by atoms with E-state index in [0.29, 0.717) is 19.3 Å². The molecule has 0 saturated carbocycles. The number of hydrogen-bond donors (Lipinski definition) is 1. The summed E-state index contributed by atoms with van der Waals surface area (Å²) in [5, 5.41) is 9.63. The molecule has 0 aliphatic rings. The fourth-order valence-electron chi connectivity index (χ4n) is 6.77. The number of aliphatic carboxylic acids is 1. The Morgan fingerprint density at radius 2 is 0.949 bits per heavy atom. The summed E-state index contributed by atoms with van der Waals surface area (Å²) < 4.78 is 17.3. The summed E-state index contributed by atoms with van der Waals surface area (Å²) in [5.41, 5.74) is 0. The van der Waals surface area contributed by atoms with Gasteiger partial charge in [0.2, 0.25) is 0 Å². The average Bonchev–Trinajstić information content (AvgIpc) is 3.19. The zero-order valence-corrected chi connectivity index (χ0v) is 38.7. The Morgan fingerprint density at radius 3 is 1.39 bits per heavy atom. The van der Waals surface area contributed by atoms with Gasteiger partial charge in [-0.15, -0.1) is 0 Å². The molecule has 2 unspecified atom stereocenters. The minimum absolute atomic E-state index is 0.0382. The van der Waals surface area contributed by atoms with Crippen LogP contribution in [0.3, 0.4) is 0 Å². The van der Waals surface area contributed by atoms with Gasteiger partial charge >= 0.3 is 17.9 Å². The molecule has 0 aromatic carbocycles. The Kier molecular flexibility index (Phi) is 39.6. The fourth-order valence-corrected chi connectivity index (χ4v) is 6.77. The molecule has 0 saturated heterocycles. The minimum atomic E-state index is -0.884. The molecule has 0 amide bonds. The number of nitrogens with zero attached hydrogens (tertiary/aromatic N) is 1. The maximum atomic E-state index is 12.7. The van der Waals surface area contributed by atoms with Gasteiger partial charge in [-0.25, -0.2) is 4.79 Å². The molecule has 0 radical (unpaired) electrons. The number of likely N-dealkylation sites (N-methyl/N-ethyl adjacent to an activating group) is 1. The lowest BCUT2D eigenvalue weighted by Crippen LogP contribution is -2.50. The zero-order valence-electron chi connectivity index (χ0n) is 38.7. The van der Waals surface area contributed by atoms with E-state index >= 15 is 0 Å². The molecule has 1 N–H and O–H groups in total. The molecule has 340 valence electrons. The van der Waals surface area contributed by atoms with Crippen LogP contribution in [0.15, 0.2) is 60.8 Å². The summed E-state index contributed by atoms with van der Waals surface area (Å²) in [6, 6.07) is -0.626. The van der Waals surface area contributed by atoms with Crippen molar-refractivity contribution >= 4 is 17.9 Å². The predicted octanol–water partition coefficient (Wildman–Crippen LogP) is 13.4. The highest BCUT2D eigenvalue weighted by Gasteiger charge is 2.31. The minimum Gasteiger partial charge on any atom is -0.477 e. The van der Waals surface area contributed by atoms with Gasteiger partial charge in [-0.1, -0.05) is 184 Å². The Balaban J connectivity index is 4.37. The largest absolute Gasteiger partial charge is 0.477 e. The molecule has 0 heterocycles. The first-order chi connectivity index (χ1) is 28.6. The van der Waals surface area contributed by atoms with Crippen LogP contribution < -0.4 is 0 Å². The van der Waals surface area contributed by atoms with Crippen molar-refractivity contribution in [2.75, 3.05) is 41.0 Å². The number of unbranched alkanes of at least 4 members (excludes halogenated alkanes) is 18. The Bertz CT molecular complexity index is 1150. The Labute approximate surface area is 362 Å². The van der Waals surface area contributed by atoms with Gasteiger partial charge in [-0.3, -0.25) is 9.59 Å². The maximum Gasteiger partial charge on any atom is 0.362 e. The summed E-state index contributed by atoms with van der Waals surface area (Å²) >= 11 is 0. The number of carbonyl (C=O) groups is 3. The fraction of sp³-hybridized carbons (Fsp3) is 0.745. The van der Waals surface area contributed by atoms with Gasteiger partial charge in [0.15, 0.2) is 12.1 Å². The lowest BCUT2D eigenvalue weighted by Gasteiger charge is -2.31. The average molecular weight is 829 g/mol. The summed E-state index contributed by atoms with van der Waals surface area (Å²) in [7, 11) is 5.51. The highest BCUT2D eigenvalue weighted by molar-refractivity contribution is 5.72. The van der Waals surface area contributed by atoms with Gasteiger partial charge in [0.25, 0.3) is 0 Å². The second-order valence-corrected chi connectivity index (χ2v) is 17.0. The van der Waals surface area contributed by atoms with Gasteiger partial charge < -0.3 is 23.8 Å². The van der Waals surface area contributed by atoms with Gasteiger partial charge in [0.05, 0.1) is 34.4 Å². The first-order valence-electron chi connectivity index (χ1n) is 23.8. The first kappa shape index (κ1) is 56.0. The van der Waals surface area contributed by atoms with Crippen molar-refractivity contribution in [3.63, 3.8) is 0 Å². The third-order valence-electron chi connectivity index (χ3n) is 10.4. The standard InChI is InChI=1S/C51H89NO7/c1-6-8-10-12-14-16-18-20-22-24-26-27-29-31-33-35-37-39-41-49(53)58-46-47(45-57-44-43-48(51(55)56)52(3,4)5)59-50(54)42-40-38-36-34-32-30-28-25-23-21-19-17-15-13-11-9-7-2/h9,11,15,17,21,23,28,30,34,36,47-48H,6-8,10,12-14,16,18-20,22,24-27,29,31-33,35,37-46H2,1-5H3/p+1/b11-9+,17-15+,23-21+,30-28+,36-34+. The van der Waals surface area contributed by atoms with Crippen LogP contribution in [-0.4, -0.2) is 80.6 Å². The molecule has 8 heteroatoms. The smallest absolute Gasteiger partial charge is 0.362 e. The number of quaternary nitrogens is 1. The number of rotatable bonds is 42. The van der Waals surface area contributed by atoms with Gasteiger partial charge in [0.1, 0.15) is 6.61 Å². The van der Waals surface area contributed by atoms with Crippen LogP contribution in [0.4, 0.5) is 0 Å². The molecular weight excluding hydrogens is 739 g/mol. The molecule has 8 nitrogen and oxygen atoms in total. The van der Waals surface area contributed by atoms with Crippen LogP contribution in [0.2, 0.25) is 0 Å². The van der Waals surface area contributed by atoms with E-state index < -0.39 is 18.1 Å². The van der Waals surface area contributed by atoms with Crippen molar-refractivity contribution < 1.29 is 38.2 Å². The normalized spacial score (nSPS) is 13.4. The van der Waals surface area contributed by atoms with Gasteiger partial charge in [0, 0.05) is 19.3 Å². The summed E-state index contributed by atoms with van der Waals surface area (Å²) in [6.07, 6.45) is 51.3. The molecule has 0 bridgehead atoms. The third kappa shape index (κ3) is 40.2. The quantitative estimate of drug-likeness (QED) is 0.0283. The van der Waals surface area contributed by atoms with Crippen molar-refractivity contribution in [1.82, 2.24) is 0 Å². The van der Waals surface area contributed by atoms with E-state index in [1.165, 1.54) is 96.3 Å². The molecule has 0 rings (SSSR count). The number of hydrogen-bond acceptors (Lipinski definition) is 6. The number of carbonyl (C=O) groups excluding carboxylic acids is 2. The third-order valence-corrected chi connectivity index (χ3v) is 10.4. The van der Waals surface area contributed by atoms with E-state index in [9.17, 15) is 19.5 Å². The number of allylic oxidation sites excluding steroid dienone is 10. The molecule has 2 atom stereocenters. The number of carboxylic acids is 1. The number of ether oxygens (including phenoxy) is 3. The topological polar surface area (TPSA) is 99.1 Å². The van der Waals surface area contributed by atoms with E-state index in [-0.39, 0.29) is 42.7 Å². The van der Waals surface area contributed by atoms with E-state index in [1.807, 2.05) is 21.1 Å². The molecule has 0 fully saturated rings. The Morgan fingerprint density at radius 1 is 0.525 bits per heavy atom. The first-order valence-corrected chi connectivity index (χ1v) is 23.8. The molecule has 0 aliphatic carbocycles. The lowest BCUT2D eigenvalue weighted by atomic mass is 10.0. The van der Waals surface area contributed by atoms with Crippen LogP contribution in [0.25, 0.3) is 0 Å². The molecule has 0 aliphatic heterocycles. The summed E-state index contributed by atoms with van der Waals surface area (Å²) in [5.74, 6) is -1.54. The van der Waals surface area contributed by atoms with Crippen LogP contribution >= 0.6 is 0 Å². The summed E-state index contributed by atoms with van der Waals surface area (Å²) in [4.78, 5) is 37.0. The van der Waals surface area contributed by atoms with Crippen LogP contribution in [0, 0.1) is 0 Å². The number of carboxylic acid groups (broad SMARTS) is 1. The van der Waals surface area contributed by atoms with Gasteiger partial charge in [-0.2, -0.15) is 0 Å².